The number of hydrogen-bond acceptors (Lipinski definition) is 3. The molecule has 0 spiro atoms. The maximum Gasteiger partial charge on any atom is 0.148 e. The summed E-state index contributed by atoms with van der Waals surface area (Å²) in [5.74, 6) is 0.566. The zero-order chi connectivity index (χ0) is 47.7. The third-order valence-electron chi connectivity index (χ3n) is 12.2. The Kier molecular flexibility index (Phi) is 11.3. The summed E-state index contributed by atoms with van der Waals surface area (Å²) in [5.41, 5.74) is 12.9. The van der Waals surface area contributed by atoms with E-state index in [9.17, 15) is 5.11 Å². The van der Waals surface area contributed by atoms with Crippen LogP contribution in [0, 0.1) is 12.9 Å². The van der Waals surface area contributed by atoms with E-state index in [1.54, 1.807) is 6.07 Å². The van der Waals surface area contributed by atoms with Crippen molar-refractivity contribution in [3.8, 4) is 67.5 Å². The second kappa shape index (κ2) is 17.1. The fraction of sp³-hybridized carbons (Fsp3) is 0.288. The Morgan fingerprint density at radius 2 is 1.16 bits per heavy atom. The van der Waals surface area contributed by atoms with E-state index in [1.807, 2.05) is 65.4 Å². The maximum absolute atomic E-state index is 12.5. The third kappa shape index (κ3) is 9.18. The number of phenols is 1. The number of phenolic OH excluding ortho intramolecular Hbond substituents is 1. The summed E-state index contributed by atoms with van der Waals surface area (Å²) in [6.07, 6.45) is 1.85. The van der Waals surface area contributed by atoms with Gasteiger partial charge >= 0.3 is 0 Å². The number of benzene rings is 6. The minimum atomic E-state index is -2.50. The van der Waals surface area contributed by atoms with E-state index in [0.29, 0.717) is 28.1 Å². The van der Waals surface area contributed by atoms with E-state index >= 15 is 0 Å². The van der Waals surface area contributed by atoms with Gasteiger partial charge in [-0.2, -0.15) is 0 Å². The molecule has 0 fully saturated rings. The zero-order valence-corrected chi connectivity index (χ0v) is 41.6. The second-order valence-electron chi connectivity index (χ2n) is 21.2. The Morgan fingerprint density at radius 3 is 1.80 bits per heavy atom. The fourth-order valence-corrected chi connectivity index (χ4v) is 8.30. The van der Waals surface area contributed by atoms with E-state index in [-0.39, 0.29) is 48.6 Å². The predicted octanol–water partition coefficient (Wildman–Crippen LogP) is 15.8. The van der Waals surface area contributed by atoms with E-state index in [1.165, 1.54) is 5.56 Å². The topological polar surface area (TPSA) is 50.9 Å². The fourth-order valence-electron chi connectivity index (χ4n) is 8.30. The molecule has 0 bridgehead atoms. The van der Waals surface area contributed by atoms with Crippen LogP contribution in [0.15, 0.2) is 134 Å². The van der Waals surface area contributed by atoms with Crippen LogP contribution in [-0.4, -0.2) is 19.6 Å². The summed E-state index contributed by atoms with van der Waals surface area (Å²) < 4.78 is 29.0. The average Bonchev–Trinajstić information content (AvgIpc) is 3.64. The van der Waals surface area contributed by atoms with Gasteiger partial charge in [0.15, 0.2) is 0 Å². The third-order valence-corrected chi connectivity index (χ3v) is 12.2. The van der Waals surface area contributed by atoms with Gasteiger partial charge < -0.3 is 5.11 Å². The molecule has 0 amide bonds. The van der Waals surface area contributed by atoms with Crippen molar-refractivity contribution in [3.05, 3.63) is 167 Å². The summed E-state index contributed by atoms with van der Waals surface area (Å²) in [6, 6.07) is 46.8. The first kappa shape index (κ1) is 42.4. The molecular formula is C59H62N3OPt-. The Balaban J connectivity index is 0.00000666. The molecule has 2 aromatic heterocycles. The van der Waals surface area contributed by atoms with Crippen molar-refractivity contribution in [1.82, 2.24) is 14.5 Å². The predicted molar refractivity (Wildman–Crippen MR) is 266 cm³/mol. The van der Waals surface area contributed by atoms with E-state index in [4.69, 9.17) is 14.1 Å². The standard InChI is InChI=1S/C59H62N3O.Pt/c1-37-30-40(39-22-25-44(26-23-39)56(2,3)4)24-27-51(37)62-52-21-17-20-47(53(52)61-55(62)48-35-46(58(8,9)10)36-49(54(48)63)59(11,12)13)42-31-43(33-45(32-42)57(5,6)7)50-34-41(28-29-60-50)38-18-15-14-16-19-38;/h14-30,32-36,63H,1-13H3;/q-1;/i1D3;. The SMILES string of the molecule is [2H]C([2H])([2H])c1cc(-c2ccc(C(C)(C)C)cc2)ccc1-n1c(-c2cc(C(C)(C)C)cc(C(C)(C)C)c2O)nc2c(-c3[c-]c(-c4cc(-c5ccccc5)ccn4)cc(C(C)(C)C)c3)cccc21.[Pt]. The van der Waals surface area contributed by atoms with Crippen LogP contribution in [0.4, 0.5) is 0 Å². The first-order chi connectivity index (χ1) is 30.8. The monoisotopic (exact) mass is 1030 g/mol. The Hall–Kier alpha value is -5.57. The molecule has 8 aromatic rings. The van der Waals surface area contributed by atoms with Gasteiger partial charge in [-0.3, -0.25) is 9.55 Å². The van der Waals surface area contributed by atoms with Crippen LogP contribution in [0.2, 0.25) is 0 Å². The summed E-state index contributed by atoms with van der Waals surface area (Å²) in [4.78, 5) is 10.4. The summed E-state index contributed by atoms with van der Waals surface area (Å²) in [5, 5.41) is 12.5. The number of aromatic hydroxyl groups is 1. The van der Waals surface area contributed by atoms with Crippen LogP contribution in [0.5, 0.6) is 5.75 Å². The van der Waals surface area contributed by atoms with Crippen molar-refractivity contribution in [3.63, 3.8) is 0 Å². The van der Waals surface area contributed by atoms with E-state index < -0.39 is 12.3 Å². The van der Waals surface area contributed by atoms with Gasteiger partial charge in [0.2, 0.25) is 0 Å². The van der Waals surface area contributed by atoms with Gasteiger partial charge in [0.05, 0.1) is 22.3 Å². The molecule has 64 heavy (non-hydrogen) atoms. The molecule has 0 aliphatic carbocycles. The largest absolute Gasteiger partial charge is 0.507 e. The van der Waals surface area contributed by atoms with Crippen LogP contribution in [-0.2, 0) is 42.7 Å². The number of nitrogens with zero attached hydrogens (tertiary/aromatic N) is 3. The normalized spacial score (nSPS) is 13.3. The van der Waals surface area contributed by atoms with Crippen molar-refractivity contribution >= 4 is 11.0 Å². The molecule has 0 unspecified atom stereocenters. The van der Waals surface area contributed by atoms with E-state index in [2.05, 4.69) is 156 Å². The molecule has 8 rings (SSSR count). The smallest absolute Gasteiger partial charge is 0.148 e. The molecule has 0 aliphatic heterocycles. The van der Waals surface area contributed by atoms with Gasteiger partial charge in [0, 0.05) is 42.6 Å². The molecule has 0 saturated heterocycles. The van der Waals surface area contributed by atoms with Crippen LogP contribution < -0.4 is 0 Å². The molecule has 4 nitrogen and oxygen atoms in total. The molecule has 2 heterocycles. The molecule has 5 heteroatoms. The number of aromatic nitrogens is 3. The maximum atomic E-state index is 12.5. The van der Waals surface area contributed by atoms with E-state index in [0.717, 1.165) is 61.3 Å². The number of rotatable bonds is 6. The quantitative estimate of drug-likeness (QED) is 0.169. The second-order valence-corrected chi connectivity index (χ2v) is 21.2. The number of imidazole rings is 1. The molecule has 0 aliphatic rings. The first-order valence-corrected chi connectivity index (χ1v) is 22.0. The molecule has 0 saturated carbocycles. The van der Waals surface area contributed by atoms with Gasteiger partial charge in [-0.1, -0.05) is 179 Å². The van der Waals surface area contributed by atoms with Crippen molar-refractivity contribution in [2.45, 2.75) is 112 Å². The molecule has 1 N–H and O–H groups in total. The van der Waals surface area contributed by atoms with Crippen LogP contribution in [0.3, 0.4) is 0 Å². The van der Waals surface area contributed by atoms with Crippen LogP contribution in [0.25, 0.3) is 72.7 Å². The average molecular weight is 1030 g/mol. The van der Waals surface area contributed by atoms with Crippen molar-refractivity contribution < 1.29 is 30.3 Å². The van der Waals surface area contributed by atoms with Crippen molar-refractivity contribution in [1.29, 1.82) is 0 Å². The van der Waals surface area contributed by atoms with Gasteiger partial charge in [0.25, 0.3) is 0 Å². The number of pyridine rings is 1. The van der Waals surface area contributed by atoms with Gasteiger partial charge in [-0.15, -0.1) is 29.3 Å². The first-order valence-electron chi connectivity index (χ1n) is 23.5. The number of fused-ring (bicyclic) bond motifs is 1. The minimum Gasteiger partial charge on any atom is -0.507 e. The van der Waals surface area contributed by atoms with Gasteiger partial charge in [0.1, 0.15) is 11.6 Å². The molecule has 330 valence electrons. The number of aryl methyl sites for hydroxylation is 1. The Bertz CT molecular complexity index is 3100. The minimum absolute atomic E-state index is 0. The zero-order valence-electron chi connectivity index (χ0n) is 42.3. The number of hydrogen-bond donors (Lipinski definition) is 1. The van der Waals surface area contributed by atoms with Gasteiger partial charge in [-0.05, 0) is 97.8 Å². The molecule has 0 radical (unpaired) electrons. The number of para-hydroxylation sites is 1. The Morgan fingerprint density at radius 1 is 0.547 bits per heavy atom. The Labute approximate surface area is 400 Å². The van der Waals surface area contributed by atoms with Crippen molar-refractivity contribution in [2.75, 3.05) is 0 Å². The van der Waals surface area contributed by atoms with Crippen molar-refractivity contribution in [2.24, 2.45) is 0 Å². The summed E-state index contributed by atoms with van der Waals surface area (Å²) >= 11 is 0. The van der Waals surface area contributed by atoms with Crippen LogP contribution >= 0.6 is 0 Å². The van der Waals surface area contributed by atoms with Gasteiger partial charge in [-0.25, -0.2) is 4.98 Å². The summed E-state index contributed by atoms with van der Waals surface area (Å²) in [6.45, 7) is 23.4. The molecule has 6 aromatic carbocycles. The molecular weight excluding hydrogens is 962 g/mol. The molecule has 0 atom stereocenters. The van der Waals surface area contributed by atoms with Crippen LogP contribution in [0.1, 0.15) is 115 Å². The summed E-state index contributed by atoms with van der Waals surface area (Å²) in [7, 11) is 0.